The van der Waals surface area contributed by atoms with Crippen molar-refractivity contribution in [1.29, 1.82) is 0 Å². The van der Waals surface area contributed by atoms with Crippen molar-refractivity contribution in [2.75, 3.05) is 6.54 Å². The molecule has 0 bridgehead atoms. The van der Waals surface area contributed by atoms with Crippen LogP contribution in [0.2, 0.25) is 0 Å². The molecule has 1 nitrogen and oxygen atoms in total. The summed E-state index contributed by atoms with van der Waals surface area (Å²) in [5, 5.41) is 0. The molecule has 0 saturated heterocycles. The van der Waals surface area contributed by atoms with Gasteiger partial charge in [0.15, 0.2) is 0 Å². The third-order valence-corrected chi connectivity index (χ3v) is 3.11. The van der Waals surface area contributed by atoms with Gasteiger partial charge in [0.1, 0.15) is 0 Å². The molecule has 0 radical (unpaired) electrons. The van der Waals surface area contributed by atoms with Gasteiger partial charge in [0.2, 0.25) is 0 Å². The fourth-order valence-electron chi connectivity index (χ4n) is 2.56. The van der Waals surface area contributed by atoms with E-state index in [4.69, 9.17) is 5.73 Å². The minimum atomic E-state index is 0.531. The highest BCUT2D eigenvalue weighted by atomic mass is 14.7. The lowest BCUT2D eigenvalue weighted by Gasteiger charge is -2.04. The van der Waals surface area contributed by atoms with Crippen molar-refractivity contribution in [2.45, 2.75) is 27.7 Å². The van der Waals surface area contributed by atoms with Crippen molar-refractivity contribution in [3.05, 3.63) is 0 Å². The summed E-state index contributed by atoms with van der Waals surface area (Å²) in [4.78, 5) is 0. The predicted octanol–water partition coefficient (Wildman–Crippen LogP) is 1.87. The van der Waals surface area contributed by atoms with Crippen LogP contribution in [0.25, 0.3) is 0 Å². The minimum Gasteiger partial charge on any atom is -0.330 e. The first kappa shape index (κ1) is 8.06. The van der Waals surface area contributed by atoms with Gasteiger partial charge in [0, 0.05) is 0 Å². The highest BCUT2D eigenvalue weighted by molar-refractivity contribution is 5.06. The molecule has 1 aliphatic rings. The fraction of sp³-hybridized carbons (Fsp3) is 1.00. The Balaban J connectivity index is 2.53. The van der Waals surface area contributed by atoms with Gasteiger partial charge in [0.25, 0.3) is 0 Å². The lowest BCUT2D eigenvalue weighted by Crippen LogP contribution is -2.05. The van der Waals surface area contributed by atoms with E-state index in [0.717, 1.165) is 24.3 Å². The van der Waals surface area contributed by atoms with Crippen LogP contribution in [0.4, 0.5) is 0 Å². The molecule has 1 rings (SSSR count). The lowest BCUT2D eigenvalue weighted by atomic mass is 10.0. The molecule has 2 N–H and O–H groups in total. The van der Waals surface area contributed by atoms with Crippen LogP contribution in [0.3, 0.4) is 0 Å². The largest absolute Gasteiger partial charge is 0.330 e. The van der Waals surface area contributed by atoms with Crippen LogP contribution in [-0.4, -0.2) is 6.54 Å². The maximum Gasteiger partial charge on any atom is -0.00407 e. The molecule has 60 valence electrons. The normalized spacial score (nSPS) is 36.6. The molecular formula is C9H19N. The van der Waals surface area contributed by atoms with Gasteiger partial charge in [-0.1, -0.05) is 27.7 Å². The number of hydrogen-bond acceptors (Lipinski definition) is 1. The Hall–Kier alpha value is -0.0400. The zero-order valence-corrected chi connectivity index (χ0v) is 7.52. The quantitative estimate of drug-likeness (QED) is 0.624. The molecular weight excluding hydrogens is 122 g/mol. The standard InChI is InChI=1S/C9H19N/c1-6(2)8-7(5-10)9(8,3)4/h6-8H,5,10H2,1-4H3. The third kappa shape index (κ3) is 0.968. The van der Waals surface area contributed by atoms with Crippen molar-refractivity contribution in [3.8, 4) is 0 Å². The average molecular weight is 141 g/mol. The van der Waals surface area contributed by atoms with Crippen molar-refractivity contribution < 1.29 is 0 Å². The minimum absolute atomic E-state index is 0.531. The van der Waals surface area contributed by atoms with Crippen molar-refractivity contribution >= 4 is 0 Å². The molecule has 0 aromatic carbocycles. The highest BCUT2D eigenvalue weighted by Crippen LogP contribution is 2.60. The van der Waals surface area contributed by atoms with E-state index in [1.54, 1.807) is 0 Å². The fourth-order valence-corrected chi connectivity index (χ4v) is 2.56. The zero-order chi connectivity index (χ0) is 7.94. The van der Waals surface area contributed by atoms with E-state index in [1.165, 1.54) is 0 Å². The van der Waals surface area contributed by atoms with Crippen LogP contribution in [0.1, 0.15) is 27.7 Å². The Labute approximate surface area is 64.0 Å². The number of nitrogens with two attached hydrogens (primary N) is 1. The van der Waals surface area contributed by atoms with Crippen molar-refractivity contribution in [1.82, 2.24) is 0 Å². The summed E-state index contributed by atoms with van der Waals surface area (Å²) in [6.45, 7) is 10.1. The van der Waals surface area contributed by atoms with Crippen molar-refractivity contribution in [3.63, 3.8) is 0 Å². The van der Waals surface area contributed by atoms with E-state index in [1.807, 2.05) is 0 Å². The van der Waals surface area contributed by atoms with Crippen molar-refractivity contribution in [2.24, 2.45) is 28.9 Å². The van der Waals surface area contributed by atoms with Gasteiger partial charge >= 0.3 is 0 Å². The van der Waals surface area contributed by atoms with E-state index < -0.39 is 0 Å². The molecule has 10 heavy (non-hydrogen) atoms. The van der Waals surface area contributed by atoms with Gasteiger partial charge in [-0.25, -0.2) is 0 Å². The maximum atomic E-state index is 5.64. The van der Waals surface area contributed by atoms with Crippen LogP contribution in [-0.2, 0) is 0 Å². The number of rotatable bonds is 2. The summed E-state index contributed by atoms with van der Waals surface area (Å²) in [5.74, 6) is 2.47. The Kier molecular flexibility index (Phi) is 1.80. The van der Waals surface area contributed by atoms with Gasteiger partial charge in [-0.15, -0.1) is 0 Å². The van der Waals surface area contributed by atoms with E-state index in [2.05, 4.69) is 27.7 Å². The Bertz CT molecular complexity index is 127. The summed E-state index contributed by atoms with van der Waals surface area (Å²) in [7, 11) is 0. The van der Waals surface area contributed by atoms with Gasteiger partial charge < -0.3 is 5.73 Å². The maximum absolute atomic E-state index is 5.64. The predicted molar refractivity (Wildman–Crippen MR) is 44.7 cm³/mol. The van der Waals surface area contributed by atoms with Crippen LogP contribution < -0.4 is 5.73 Å². The molecule has 0 spiro atoms. The summed E-state index contributed by atoms with van der Waals surface area (Å²) in [6.07, 6.45) is 0. The van der Waals surface area contributed by atoms with E-state index >= 15 is 0 Å². The molecule has 2 atom stereocenters. The van der Waals surface area contributed by atoms with E-state index in [9.17, 15) is 0 Å². The Morgan fingerprint density at radius 2 is 1.90 bits per heavy atom. The molecule has 1 saturated carbocycles. The van der Waals surface area contributed by atoms with Gasteiger partial charge in [-0.05, 0) is 29.7 Å². The zero-order valence-electron chi connectivity index (χ0n) is 7.52. The monoisotopic (exact) mass is 141 g/mol. The van der Waals surface area contributed by atoms with Crippen LogP contribution >= 0.6 is 0 Å². The molecule has 1 aliphatic carbocycles. The first-order valence-corrected chi connectivity index (χ1v) is 4.22. The smallest absolute Gasteiger partial charge is 0.00407 e. The molecule has 1 fully saturated rings. The Morgan fingerprint density at radius 1 is 1.40 bits per heavy atom. The first-order chi connectivity index (χ1) is 4.51. The average Bonchev–Trinajstić information content (AvgIpc) is 2.33. The van der Waals surface area contributed by atoms with Gasteiger partial charge in [-0.2, -0.15) is 0 Å². The third-order valence-electron chi connectivity index (χ3n) is 3.11. The van der Waals surface area contributed by atoms with E-state index in [-0.39, 0.29) is 0 Å². The molecule has 2 unspecified atom stereocenters. The van der Waals surface area contributed by atoms with Gasteiger partial charge in [-0.3, -0.25) is 0 Å². The van der Waals surface area contributed by atoms with Gasteiger partial charge in [0.05, 0.1) is 0 Å². The second-order valence-corrected chi connectivity index (χ2v) is 4.43. The molecule has 0 heterocycles. The van der Waals surface area contributed by atoms with Crippen LogP contribution in [0, 0.1) is 23.2 Å². The topological polar surface area (TPSA) is 26.0 Å². The highest BCUT2D eigenvalue weighted by Gasteiger charge is 2.57. The van der Waals surface area contributed by atoms with Crippen LogP contribution in [0.15, 0.2) is 0 Å². The molecule has 1 heteroatoms. The second-order valence-electron chi connectivity index (χ2n) is 4.43. The summed E-state index contributed by atoms with van der Waals surface area (Å²) in [6, 6.07) is 0. The SMILES string of the molecule is CC(C)C1C(CN)C1(C)C. The number of hydrogen-bond donors (Lipinski definition) is 1. The van der Waals surface area contributed by atoms with Crippen LogP contribution in [0.5, 0.6) is 0 Å². The molecule has 0 aliphatic heterocycles. The molecule has 0 amide bonds. The Morgan fingerprint density at radius 3 is 2.00 bits per heavy atom. The lowest BCUT2D eigenvalue weighted by molar-refractivity contribution is 0.451. The summed E-state index contributed by atoms with van der Waals surface area (Å²) < 4.78 is 0. The first-order valence-electron chi connectivity index (χ1n) is 4.22. The summed E-state index contributed by atoms with van der Waals surface area (Å²) >= 11 is 0. The summed E-state index contributed by atoms with van der Waals surface area (Å²) in [5.41, 5.74) is 6.17. The second kappa shape index (κ2) is 2.23. The van der Waals surface area contributed by atoms with E-state index in [0.29, 0.717) is 5.41 Å². The molecule has 0 aromatic rings. The molecule has 0 aromatic heterocycles.